The summed E-state index contributed by atoms with van der Waals surface area (Å²) in [6.45, 7) is 8.60. The van der Waals surface area contributed by atoms with Crippen molar-refractivity contribution in [2.75, 3.05) is 52.9 Å². The van der Waals surface area contributed by atoms with Crippen molar-refractivity contribution in [3.8, 4) is 0 Å². The number of methoxy groups -OCH3 is 1. The summed E-state index contributed by atoms with van der Waals surface area (Å²) in [7, 11) is 1.17. The predicted octanol–water partition coefficient (Wildman–Crippen LogP) is 2.22. The molecule has 0 radical (unpaired) electrons. The Morgan fingerprint density at radius 1 is 0.394 bits per heavy atom. The first-order valence-corrected chi connectivity index (χ1v) is 47.9. The van der Waals surface area contributed by atoms with E-state index in [1.54, 1.807) is 30.9 Å². The lowest BCUT2D eigenvalue weighted by atomic mass is 9.97. The van der Waals surface area contributed by atoms with Gasteiger partial charge in [-0.1, -0.05) is 107 Å². The van der Waals surface area contributed by atoms with Gasteiger partial charge in [0.15, 0.2) is 11.9 Å². The minimum absolute atomic E-state index is 0.000193. The number of para-hydroxylation sites is 4. The number of carbonyl (C=O) groups excluding carboxylic acids is 13. The molecule has 6 heterocycles. The average Bonchev–Trinajstić information content (AvgIpc) is 1.68. The minimum Gasteiger partial charge on any atom is -0.467 e. The van der Waals surface area contributed by atoms with Gasteiger partial charge in [0.05, 0.1) is 13.2 Å². The van der Waals surface area contributed by atoms with E-state index in [9.17, 15) is 28.8 Å². The highest BCUT2D eigenvalue weighted by Crippen LogP contribution is 2.29. The number of hydrogen-bond donors (Lipinski definition) is 24. The van der Waals surface area contributed by atoms with E-state index < -0.39 is 155 Å². The van der Waals surface area contributed by atoms with Gasteiger partial charge in [-0.05, 0) is 194 Å². The molecule has 2 saturated heterocycles. The summed E-state index contributed by atoms with van der Waals surface area (Å²) in [6, 6.07) is 12.6. The van der Waals surface area contributed by atoms with Crippen LogP contribution in [0, 0.1) is 22.7 Å². The highest BCUT2D eigenvalue weighted by Gasteiger charge is 2.45. The number of ether oxygens (including phenoxy) is 1. The standard InChI is InChI=1S/C97H140N26O14/c1-6-57(4)82(101)92(133)119-75(47-56(2)3)87(128)114-70(33-15-18-40-98)83(124)112-71(34-16-19-41-99)86(127)120-78(50-60-54-110-68-31-13-9-27-64(60)68)93(134)122-45-23-39-81(122)91(132)118-77(49-59-53-109-67-30-12-8-26-63(59)67)89(130)121-79(51-61-55-111-69-32-14-10-28-65(61)69)94(135)123-46-24-38-80(123)90(131)117-76(48-58-52-108-66-29-11-7-25-62(58)66)88(129)115-72(36-21-43-106-96(102)103)84(125)113-73(37-22-44-107-97(104)105)85(126)116-74(95(136)137-5)35-17-20-42-100/h7-14,25-32,52-57,70-82,108-111H,6,15-24,33-51,98-101H2,1-5H3,(H,112,124)(H,113,125)(H,114,128)(H,115,129)(H,116,126)(H,117,131)(H,118,132)(H,119,133)(H,120,127)(H,121,130)(H4,102,103,106)(H4,104,105,107)/t57?,70-,71-,72-,73-,74-,75-,76-,77-,78-,79-,80-,81-,82-/m0/s1. The molecule has 137 heavy (non-hydrogen) atoms. The lowest BCUT2D eigenvalue weighted by Gasteiger charge is -2.32. The summed E-state index contributed by atoms with van der Waals surface area (Å²) in [6.07, 6.45) is 11.0. The molecule has 2 aliphatic rings. The number of H-pyrrole nitrogens is 4. The fraction of sp³-hybridized carbons (Fsp3) is 0.515. The molecule has 2 aliphatic heterocycles. The van der Waals surface area contributed by atoms with Crippen LogP contribution in [0.1, 0.15) is 172 Å². The van der Waals surface area contributed by atoms with E-state index in [0.717, 1.165) is 10.9 Å². The van der Waals surface area contributed by atoms with Gasteiger partial charge in [-0.2, -0.15) is 0 Å². The first-order chi connectivity index (χ1) is 65.9. The number of unbranched alkanes of at least 4 members (excludes halogenated alkanes) is 3. The molecule has 40 heteroatoms. The molecule has 0 aliphatic carbocycles. The molecule has 0 saturated carbocycles. The minimum atomic E-state index is -1.49. The van der Waals surface area contributed by atoms with E-state index in [0.29, 0.717) is 113 Å². The van der Waals surface area contributed by atoms with E-state index in [1.165, 1.54) is 16.9 Å². The quantitative estimate of drug-likeness (QED) is 0.0112. The summed E-state index contributed by atoms with van der Waals surface area (Å²) in [4.78, 5) is 211. The third kappa shape index (κ3) is 30.0. The van der Waals surface area contributed by atoms with E-state index in [2.05, 4.69) is 83.7 Å². The summed E-state index contributed by atoms with van der Waals surface area (Å²) >= 11 is 0. The molecule has 30 N–H and O–H groups in total. The van der Waals surface area contributed by atoms with Crippen LogP contribution in [0.2, 0.25) is 0 Å². The second kappa shape index (κ2) is 52.6. The van der Waals surface area contributed by atoms with Crippen molar-refractivity contribution in [3.63, 3.8) is 0 Å². The monoisotopic (exact) mass is 1890 g/mol. The molecule has 2 fully saturated rings. The Morgan fingerprint density at radius 3 is 1.01 bits per heavy atom. The van der Waals surface area contributed by atoms with E-state index in [1.807, 2.05) is 119 Å². The van der Waals surface area contributed by atoms with Gasteiger partial charge in [-0.25, -0.2) is 4.79 Å². The van der Waals surface area contributed by atoms with Gasteiger partial charge in [0.25, 0.3) is 0 Å². The van der Waals surface area contributed by atoms with Crippen molar-refractivity contribution in [1.29, 1.82) is 10.8 Å². The van der Waals surface area contributed by atoms with Crippen LogP contribution in [-0.2, 0) is 92.7 Å². The van der Waals surface area contributed by atoms with Crippen LogP contribution >= 0.6 is 0 Å². The van der Waals surface area contributed by atoms with Crippen LogP contribution in [0.4, 0.5) is 0 Å². The molecule has 742 valence electrons. The lowest BCUT2D eigenvalue weighted by Crippen LogP contribution is -2.61. The number of rotatable bonds is 55. The molecule has 4 aromatic heterocycles. The smallest absolute Gasteiger partial charge is 0.328 e. The Labute approximate surface area is 797 Å². The molecule has 12 amide bonds. The fourth-order valence-electron chi connectivity index (χ4n) is 17.8. The Kier molecular flexibility index (Phi) is 40.5. The third-order valence-electron chi connectivity index (χ3n) is 25.6. The van der Waals surface area contributed by atoms with E-state index >= 15 is 33.6 Å². The number of aromatic amines is 4. The second-order valence-electron chi connectivity index (χ2n) is 36.1. The second-order valence-corrected chi connectivity index (χ2v) is 36.1. The fourth-order valence-corrected chi connectivity index (χ4v) is 17.8. The van der Waals surface area contributed by atoms with Crippen molar-refractivity contribution < 1.29 is 67.1 Å². The molecule has 14 atom stereocenters. The zero-order valence-electron chi connectivity index (χ0n) is 79.0. The van der Waals surface area contributed by atoms with Crippen LogP contribution in [0.3, 0.4) is 0 Å². The van der Waals surface area contributed by atoms with Gasteiger partial charge in [-0.15, -0.1) is 0 Å². The molecular weight excluding hydrogens is 1750 g/mol. The summed E-state index contributed by atoms with van der Waals surface area (Å²) < 4.78 is 5.02. The number of carbonyl (C=O) groups is 13. The lowest BCUT2D eigenvalue weighted by molar-refractivity contribution is -0.145. The van der Waals surface area contributed by atoms with Gasteiger partial charge in [0, 0.05) is 120 Å². The van der Waals surface area contributed by atoms with Crippen molar-refractivity contribution in [3.05, 3.63) is 144 Å². The van der Waals surface area contributed by atoms with Gasteiger partial charge >= 0.3 is 5.97 Å². The van der Waals surface area contributed by atoms with Gasteiger partial charge < -0.3 is 133 Å². The SMILES string of the molecule is CCC(C)[C@H](N)C(=O)N[C@@H](CC(C)C)C(=O)N[C@@H](CCCCN)C(=O)N[C@@H](CCCCN)C(=O)N[C@@H](Cc1c[nH]c2ccccc12)C(=O)N1CCC[C@H]1C(=O)N[C@@H](Cc1c[nH]c2ccccc12)C(=O)N[C@@H](Cc1c[nH]c2ccccc12)C(=O)N1CCC[C@H]1C(=O)N[C@@H](Cc1c[nH]c2ccccc12)C(=O)N[C@@H](CCCNC(=N)N)C(=O)N[C@@H](CCCNC(=N)N)C(=O)N[C@@H](CCCCN)C(=O)OC. The molecular formula is C97H140N26O14. The molecule has 0 bridgehead atoms. The van der Waals surface area contributed by atoms with Gasteiger partial charge in [-0.3, -0.25) is 68.4 Å². The molecule has 1 unspecified atom stereocenters. The third-order valence-corrected chi connectivity index (χ3v) is 25.6. The molecule has 0 spiro atoms. The number of fused-ring (bicyclic) bond motifs is 4. The van der Waals surface area contributed by atoms with E-state index in [4.69, 9.17) is 50.0 Å². The zero-order chi connectivity index (χ0) is 98.8. The number of nitrogens with two attached hydrogens (primary N) is 6. The maximum Gasteiger partial charge on any atom is 0.328 e. The maximum atomic E-state index is 16.1. The summed E-state index contributed by atoms with van der Waals surface area (Å²) in [5.74, 6) is -10.4. The number of benzene rings is 4. The Morgan fingerprint density at radius 2 is 0.686 bits per heavy atom. The van der Waals surface area contributed by atoms with Crippen LogP contribution in [0.25, 0.3) is 43.6 Å². The Hall–Kier alpha value is -13.5. The predicted molar refractivity (Wildman–Crippen MR) is 523 cm³/mol. The first kappa shape index (κ1) is 106. The Balaban J connectivity index is 0.938. The van der Waals surface area contributed by atoms with E-state index in [-0.39, 0.29) is 159 Å². The summed E-state index contributed by atoms with van der Waals surface area (Å²) in [5, 5.41) is 52.7. The highest BCUT2D eigenvalue weighted by molar-refractivity contribution is 6.02. The van der Waals surface area contributed by atoms with Crippen molar-refractivity contribution in [2.24, 2.45) is 46.2 Å². The molecule has 10 rings (SSSR count). The Bertz CT molecular complexity index is 5450. The van der Waals surface area contributed by atoms with Crippen LogP contribution in [-0.4, -0.2) is 250 Å². The maximum absolute atomic E-state index is 16.1. The van der Waals surface area contributed by atoms with Gasteiger partial charge in [0.2, 0.25) is 70.9 Å². The number of amides is 12. The van der Waals surface area contributed by atoms with Crippen LogP contribution < -0.4 is 98.2 Å². The number of guanidine groups is 2. The topological polar surface area (TPSA) is 649 Å². The number of nitrogens with zero attached hydrogens (tertiary/aromatic N) is 2. The number of aromatic nitrogens is 4. The normalized spacial score (nSPS) is 16.3. The number of likely N-dealkylation sites (tertiary alicyclic amines) is 2. The highest BCUT2D eigenvalue weighted by atomic mass is 16.5. The largest absolute Gasteiger partial charge is 0.467 e. The number of esters is 1. The van der Waals surface area contributed by atoms with Crippen LogP contribution in [0.5, 0.6) is 0 Å². The van der Waals surface area contributed by atoms with Crippen molar-refractivity contribution in [1.82, 2.24) is 93.5 Å². The van der Waals surface area contributed by atoms with Gasteiger partial charge in [0.1, 0.15) is 72.5 Å². The molecule has 4 aromatic carbocycles. The molecule has 40 nitrogen and oxygen atoms in total. The van der Waals surface area contributed by atoms with Crippen molar-refractivity contribution in [2.45, 2.75) is 254 Å². The van der Waals surface area contributed by atoms with Crippen molar-refractivity contribution >= 4 is 132 Å². The molecule has 8 aromatic rings. The number of hydrogen-bond acceptors (Lipinski definition) is 20. The average molecular weight is 1890 g/mol. The summed E-state index contributed by atoms with van der Waals surface area (Å²) in [5.41, 5.74) is 40.6. The number of nitrogens with one attached hydrogen (secondary N) is 18. The first-order valence-electron chi connectivity index (χ1n) is 47.9. The van der Waals surface area contributed by atoms with Crippen LogP contribution in [0.15, 0.2) is 122 Å². The zero-order valence-corrected chi connectivity index (χ0v) is 79.0.